The van der Waals surface area contributed by atoms with E-state index < -0.39 is 0 Å². The fraction of sp³-hybridized carbons (Fsp3) is 0.435. The van der Waals surface area contributed by atoms with E-state index in [-0.39, 0.29) is 29.6 Å². The lowest BCUT2D eigenvalue weighted by atomic mass is 10.0. The van der Waals surface area contributed by atoms with Crippen LogP contribution >= 0.6 is 0 Å². The Bertz CT molecular complexity index is 1180. The summed E-state index contributed by atoms with van der Waals surface area (Å²) in [6.07, 6.45) is 3.35. The molecule has 9 nitrogen and oxygen atoms in total. The van der Waals surface area contributed by atoms with Gasteiger partial charge >= 0.3 is 5.97 Å². The molecule has 3 atom stereocenters. The molecule has 5 rings (SSSR count). The molecule has 4 heterocycles. The van der Waals surface area contributed by atoms with Gasteiger partial charge in [-0.05, 0) is 31.9 Å². The summed E-state index contributed by atoms with van der Waals surface area (Å²) in [5, 5.41) is 8.43. The molecule has 1 N–H and O–H groups in total. The number of nitrogens with one attached hydrogen (secondary N) is 1. The molecule has 2 fully saturated rings. The molecular weight excluding hydrogens is 410 g/mol. The van der Waals surface area contributed by atoms with Gasteiger partial charge in [-0.1, -0.05) is 6.07 Å². The molecule has 32 heavy (non-hydrogen) atoms. The van der Waals surface area contributed by atoms with Gasteiger partial charge in [0.1, 0.15) is 5.82 Å². The summed E-state index contributed by atoms with van der Waals surface area (Å²) in [6, 6.07) is 7.68. The number of amides is 1. The Hall–Kier alpha value is -3.33. The second kappa shape index (κ2) is 8.31. The Kier molecular flexibility index (Phi) is 5.34. The Morgan fingerprint density at radius 2 is 2.22 bits per heavy atom. The number of rotatable bonds is 6. The standard InChI is InChI=1S/C23H25N5O4/c1-3-32-23(30)16-9-15(16)22-17-11-24-20(25-13(2)29)10-19(17)28(27-22)21-6-4-5-18(26-21)14-7-8-31-12-14/h4-6,10-11,14-16H,3,7-9,12H2,1-2H3,(H,24,25,29)/t14?,15-,16+/m1/s1. The molecule has 0 bridgehead atoms. The zero-order chi connectivity index (χ0) is 22.2. The first-order valence-electron chi connectivity index (χ1n) is 10.9. The number of fused-ring (bicyclic) bond motifs is 1. The van der Waals surface area contributed by atoms with Crippen LogP contribution < -0.4 is 5.32 Å². The van der Waals surface area contributed by atoms with Crippen LogP contribution in [0.1, 0.15) is 49.9 Å². The smallest absolute Gasteiger partial charge is 0.309 e. The van der Waals surface area contributed by atoms with Gasteiger partial charge in [0, 0.05) is 48.7 Å². The minimum Gasteiger partial charge on any atom is -0.466 e. The van der Waals surface area contributed by atoms with Gasteiger partial charge in [-0.2, -0.15) is 5.10 Å². The summed E-state index contributed by atoms with van der Waals surface area (Å²) >= 11 is 0. The molecule has 0 aromatic carbocycles. The van der Waals surface area contributed by atoms with Crippen molar-refractivity contribution in [3.05, 3.63) is 41.9 Å². The van der Waals surface area contributed by atoms with E-state index in [1.807, 2.05) is 18.2 Å². The van der Waals surface area contributed by atoms with Crippen molar-refractivity contribution in [2.45, 2.75) is 38.5 Å². The van der Waals surface area contributed by atoms with Crippen molar-refractivity contribution < 1.29 is 19.1 Å². The number of aromatic nitrogens is 4. The van der Waals surface area contributed by atoms with Crippen molar-refractivity contribution >= 4 is 28.6 Å². The van der Waals surface area contributed by atoms with E-state index in [9.17, 15) is 9.59 Å². The SMILES string of the molecule is CCOC(=O)[C@H]1C[C@H]1c1nn(-c2cccc(C3CCOC3)n2)c2cc(NC(C)=O)ncc12. The third-order valence-corrected chi connectivity index (χ3v) is 5.95. The highest BCUT2D eigenvalue weighted by molar-refractivity contribution is 5.92. The molecule has 3 aromatic rings. The molecular formula is C23H25N5O4. The largest absolute Gasteiger partial charge is 0.466 e. The van der Waals surface area contributed by atoms with Gasteiger partial charge in [0.15, 0.2) is 5.82 Å². The third-order valence-electron chi connectivity index (χ3n) is 5.95. The third kappa shape index (κ3) is 3.84. The monoisotopic (exact) mass is 435 g/mol. The highest BCUT2D eigenvalue weighted by Crippen LogP contribution is 2.49. The van der Waals surface area contributed by atoms with Crippen molar-refractivity contribution in [1.29, 1.82) is 0 Å². The van der Waals surface area contributed by atoms with Gasteiger partial charge in [0.25, 0.3) is 0 Å². The number of anilines is 1. The molecule has 1 aliphatic carbocycles. The topological polar surface area (TPSA) is 108 Å². The van der Waals surface area contributed by atoms with Crippen LogP contribution in [0.2, 0.25) is 0 Å². The molecule has 1 unspecified atom stereocenters. The number of nitrogens with zero attached hydrogens (tertiary/aromatic N) is 4. The lowest BCUT2D eigenvalue weighted by Crippen LogP contribution is -2.08. The average molecular weight is 435 g/mol. The predicted octanol–water partition coefficient (Wildman–Crippen LogP) is 2.94. The van der Waals surface area contributed by atoms with Crippen LogP contribution in [0.5, 0.6) is 0 Å². The number of ether oxygens (including phenoxy) is 2. The number of hydrogen-bond acceptors (Lipinski definition) is 7. The summed E-state index contributed by atoms with van der Waals surface area (Å²) in [7, 11) is 0. The average Bonchev–Trinajstić information content (AvgIpc) is 3.21. The lowest BCUT2D eigenvalue weighted by Gasteiger charge is -2.10. The van der Waals surface area contributed by atoms with Crippen molar-refractivity contribution in [2.75, 3.05) is 25.1 Å². The van der Waals surface area contributed by atoms with E-state index in [1.165, 1.54) is 6.92 Å². The molecule has 9 heteroatoms. The molecule has 2 aliphatic rings. The van der Waals surface area contributed by atoms with Gasteiger partial charge in [0.2, 0.25) is 5.91 Å². The minimum atomic E-state index is -0.200. The lowest BCUT2D eigenvalue weighted by molar-refractivity contribution is -0.144. The van der Waals surface area contributed by atoms with Crippen LogP contribution in [0.3, 0.4) is 0 Å². The summed E-state index contributed by atoms with van der Waals surface area (Å²) < 4.78 is 12.5. The molecule has 0 radical (unpaired) electrons. The van der Waals surface area contributed by atoms with E-state index >= 15 is 0 Å². The number of carbonyl (C=O) groups excluding carboxylic acids is 2. The highest BCUT2D eigenvalue weighted by Gasteiger charge is 2.47. The van der Waals surface area contributed by atoms with Crippen LogP contribution in [0.4, 0.5) is 5.82 Å². The number of hydrogen-bond donors (Lipinski definition) is 1. The fourth-order valence-electron chi connectivity index (χ4n) is 4.29. The van der Waals surface area contributed by atoms with E-state index in [2.05, 4.69) is 10.3 Å². The first kappa shape index (κ1) is 20.6. The molecule has 1 amide bonds. The van der Waals surface area contributed by atoms with Crippen molar-refractivity contribution in [3.63, 3.8) is 0 Å². The van der Waals surface area contributed by atoms with Crippen LogP contribution in [-0.2, 0) is 19.1 Å². The maximum Gasteiger partial charge on any atom is 0.309 e. The van der Waals surface area contributed by atoms with Crippen molar-refractivity contribution in [1.82, 2.24) is 19.7 Å². The number of pyridine rings is 2. The van der Waals surface area contributed by atoms with Gasteiger partial charge in [-0.15, -0.1) is 0 Å². The Balaban J connectivity index is 1.57. The van der Waals surface area contributed by atoms with E-state index in [0.29, 0.717) is 31.3 Å². The quantitative estimate of drug-likeness (QED) is 0.593. The Morgan fingerprint density at radius 3 is 2.97 bits per heavy atom. The molecule has 1 saturated heterocycles. The second-order valence-electron chi connectivity index (χ2n) is 8.25. The molecule has 166 valence electrons. The van der Waals surface area contributed by atoms with E-state index in [1.54, 1.807) is 23.9 Å². The molecule has 1 aliphatic heterocycles. The maximum atomic E-state index is 12.2. The fourth-order valence-corrected chi connectivity index (χ4v) is 4.29. The number of carbonyl (C=O) groups is 2. The van der Waals surface area contributed by atoms with Gasteiger partial charge in [-0.3, -0.25) is 9.59 Å². The van der Waals surface area contributed by atoms with E-state index in [4.69, 9.17) is 19.6 Å². The molecule has 1 saturated carbocycles. The van der Waals surface area contributed by atoms with Gasteiger partial charge in [-0.25, -0.2) is 14.6 Å². The van der Waals surface area contributed by atoms with Crippen LogP contribution in [0.15, 0.2) is 30.5 Å². The van der Waals surface area contributed by atoms with Crippen LogP contribution in [0, 0.1) is 5.92 Å². The number of esters is 1. The van der Waals surface area contributed by atoms with Crippen LogP contribution in [-0.4, -0.2) is 51.4 Å². The first-order valence-corrected chi connectivity index (χ1v) is 10.9. The second-order valence-corrected chi connectivity index (χ2v) is 8.25. The summed E-state index contributed by atoms with van der Waals surface area (Å²) in [5.74, 6) is 0.793. The maximum absolute atomic E-state index is 12.2. The zero-order valence-corrected chi connectivity index (χ0v) is 18.1. The van der Waals surface area contributed by atoms with Crippen LogP contribution in [0.25, 0.3) is 16.7 Å². The highest BCUT2D eigenvalue weighted by atomic mass is 16.5. The van der Waals surface area contributed by atoms with Crippen molar-refractivity contribution in [3.8, 4) is 5.82 Å². The molecule has 3 aromatic heterocycles. The minimum absolute atomic E-state index is 0.0161. The Labute approximate surface area is 185 Å². The normalized spacial score (nSPS) is 22.1. The van der Waals surface area contributed by atoms with Crippen molar-refractivity contribution in [2.24, 2.45) is 5.92 Å². The Morgan fingerprint density at radius 1 is 1.34 bits per heavy atom. The zero-order valence-electron chi connectivity index (χ0n) is 18.1. The van der Waals surface area contributed by atoms with E-state index in [0.717, 1.165) is 35.3 Å². The summed E-state index contributed by atoms with van der Waals surface area (Å²) in [5.41, 5.74) is 2.55. The summed E-state index contributed by atoms with van der Waals surface area (Å²) in [6.45, 7) is 5.02. The molecule has 0 spiro atoms. The van der Waals surface area contributed by atoms with Gasteiger partial charge < -0.3 is 14.8 Å². The van der Waals surface area contributed by atoms with Gasteiger partial charge in [0.05, 0.1) is 30.3 Å². The first-order chi connectivity index (χ1) is 15.5. The predicted molar refractivity (Wildman–Crippen MR) is 117 cm³/mol. The summed E-state index contributed by atoms with van der Waals surface area (Å²) in [4.78, 5) is 33.0.